The molecule has 34 heavy (non-hydrogen) atoms. The molecule has 0 N–H and O–H groups in total. The Bertz CT molecular complexity index is 993. The largest absolute Gasteiger partial charge is 0.374 e. The number of Topliss-reactive ketones (excluding diaryl/α,β-unsaturated/α-hetero) is 1. The summed E-state index contributed by atoms with van der Waals surface area (Å²) in [5.41, 5.74) is 3.23. The summed E-state index contributed by atoms with van der Waals surface area (Å²) in [5, 5.41) is 0. The summed E-state index contributed by atoms with van der Waals surface area (Å²) >= 11 is 0. The van der Waals surface area contributed by atoms with Crippen molar-refractivity contribution in [3.8, 4) is 0 Å². The van der Waals surface area contributed by atoms with Gasteiger partial charge in [0, 0.05) is 6.42 Å². The molecule has 0 amide bonds. The summed E-state index contributed by atoms with van der Waals surface area (Å²) in [7, 11) is 0. The molecule has 3 aromatic carbocycles. The van der Waals surface area contributed by atoms with Crippen LogP contribution in [-0.2, 0) is 43.6 Å². The first kappa shape index (κ1) is 24.3. The Morgan fingerprint density at radius 1 is 0.676 bits per heavy atom. The first-order chi connectivity index (χ1) is 16.7. The SMILES string of the molecule is CC(=O)C[C@@H]1O[C@H](COCc2ccccc2)[C@@H](OCc2ccccc2)[C@@H]1OCc1ccccc1. The lowest BCUT2D eigenvalue weighted by Crippen LogP contribution is -2.39. The van der Waals surface area contributed by atoms with Crippen LogP contribution in [-0.4, -0.2) is 36.8 Å². The van der Waals surface area contributed by atoms with Crippen molar-refractivity contribution >= 4 is 5.78 Å². The van der Waals surface area contributed by atoms with Gasteiger partial charge in [0.25, 0.3) is 0 Å². The molecule has 1 aliphatic heterocycles. The van der Waals surface area contributed by atoms with Gasteiger partial charge in [-0.3, -0.25) is 4.79 Å². The van der Waals surface area contributed by atoms with Crippen LogP contribution in [0.2, 0.25) is 0 Å². The lowest BCUT2D eigenvalue weighted by Gasteiger charge is -2.25. The van der Waals surface area contributed by atoms with Crippen molar-refractivity contribution in [1.82, 2.24) is 0 Å². The van der Waals surface area contributed by atoms with Crippen molar-refractivity contribution in [2.24, 2.45) is 0 Å². The second-order valence-electron chi connectivity index (χ2n) is 8.64. The summed E-state index contributed by atoms with van der Waals surface area (Å²) in [5.74, 6) is 0.0611. The van der Waals surface area contributed by atoms with Crippen LogP contribution in [0.3, 0.4) is 0 Å². The average molecular weight is 461 g/mol. The van der Waals surface area contributed by atoms with Crippen LogP contribution in [0.4, 0.5) is 0 Å². The number of ether oxygens (including phenoxy) is 4. The zero-order valence-electron chi connectivity index (χ0n) is 19.5. The van der Waals surface area contributed by atoms with Crippen LogP contribution in [0.15, 0.2) is 91.0 Å². The van der Waals surface area contributed by atoms with E-state index < -0.39 is 0 Å². The Hall–Kier alpha value is -2.83. The van der Waals surface area contributed by atoms with Crippen molar-refractivity contribution in [1.29, 1.82) is 0 Å². The number of carbonyl (C=O) groups excluding carboxylic acids is 1. The quantitative estimate of drug-likeness (QED) is 0.376. The van der Waals surface area contributed by atoms with Crippen LogP contribution >= 0.6 is 0 Å². The Morgan fingerprint density at radius 2 is 1.12 bits per heavy atom. The molecule has 1 fully saturated rings. The maximum Gasteiger partial charge on any atom is 0.132 e. The molecule has 1 heterocycles. The summed E-state index contributed by atoms with van der Waals surface area (Å²) in [6, 6.07) is 30.1. The first-order valence-electron chi connectivity index (χ1n) is 11.8. The van der Waals surface area contributed by atoms with E-state index in [-0.39, 0.29) is 36.6 Å². The van der Waals surface area contributed by atoms with Gasteiger partial charge in [-0.05, 0) is 23.6 Å². The minimum absolute atomic E-state index is 0.0611. The van der Waals surface area contributed by atoms with E-state index in [9.17, 15) is 4.79 Å². The molecule has 4 rings (SSSR count). The van der Waals surface area contributed by atoms with Gasteiger partial charge in [-0.2, -0.15) is 0 Å². The summed E-state index contributed by atoms with van der Waals surface area (Å²) in [4.78, 5) is 12.0. The molecule has 1 aliphatic rings. The second kappa shape index (κ2) is 12.6. The fourth-order valence-corrected chi connectivity index (χ4v) is 4.19. The molecule has 3 aromatic rings. The Morgan fingerprint density at radius 3 is 1.59 bits per heavy atom. The third-order valence-corrected chi connectivity index (χ3v) is 5.86. The van der Waals surface area contributed by atoms with E-state index in [0.29, 0.717) is 26.4 Å². The molecule has 178 valence electrons. The standard InChI is InChI=1S/C29H32O5/c1-22(30)17-26-28(32-19-24-13-7-3-8-14-24)29(33-20-25-15-9-4-10-16-25)27(34-26)21-31-18-23-11-5-2-6-12-23/h2-16,26-29H,17-21H2,1H3/t26-,27+,28+,29+/m0/s1. The highest BCUT2D eigenvalue weighted by molar-refractivity contribution is 5.76. The molecule has 0 spiro atoms. The third-order valence-electron chi connectivity index (χ3n) is 5.86. The zero-order valence-corrected chi connectivity index (χ0v) is 19.5. The molecule has 5 nitrogen and oxygen atoms in total. The maximum absolute atomic E-state index is 12.0. The van der Waals surface area contributed by atoms with E-state index in [2.05, 4.69) is 0 Å². The summed E-state index contributed by atoms with van der Waals surface area (Å²) < 4.78 is 25.0. The van der Waals surface area contributed by atoms with Crippen LogP contribution in [0, 0.1) is 0 Å². The first-order valence-corrected chi connectivity index (χ1v) is 11.8. The fraction of sp³-hybridized carbons (Fsp3) is 0.345. The highest BCUT2D eigenvalue weighted by atomic mass is 16.6. The molecule has 1 saturated heterocycles. The number of hydrogen-bond donors (Lipinski definition) is 0. The van der Waals surface area contributed by atoms with Gasteiger partial charge in [0.2, 0.25) is 0 Å². The predicted molar refractivity (Wildman–Crippen MR) is 130 cm³/mol. The van der Waals surface area contributed by atoms with E-state index in [0.717, 1.165) is 16.7 Å². The van der Waals surface area contributed by atoms with Crippen LogP contribution in [0.1, 0.15) is 30.0 Å². The van der Waals surface area contributed by atoms with Gasteiger partial charge in [0.05, 0.1) is 32.5 Å². The fourth-order valence-electron chi connectivity index (χ4n) is 4.19. The number of ketones is 1. The number of carbonyl (C=O) groups is 1. The minimum atomic E-state index is -0.382. The van der Waals surface area contributed by atoms with Gasteiger partial charge >= 0.3 is 0 Å². The average Bonchev–Trinajstić information content (AvgIpc) is 3.18. The van der Waals surface area contributed by atoms with Crippen LogP contribution in [0.5, 0.6) is 0 Å². The van der Waals surface area contributed by atoms with Gasteiger partial charge in [0.15, 0.2) is 0 Å². The molecule has 0 aliphatic carbocycles. The van der Waals surface area contributed by atoms with Crippen LogP contribution in [0.25, 0.3) is 0 Å². The number of hydrogen-bond acceptors (Lipinski definition) is 5. The lowest BCUT2D eigenvalue weighted by molar-refractivity contribution is -0.122. The second-order valence-corrected chi connectivity index (χ2v) is 8.64. The predicted octanol–water partition coefficient (Wildman–Crippen LogP) is 5.12. The van der Waals surface area contributed by atoms with Gasteiger partial charge in [-0.25, -0.2) is 0 Å². The molecule has 4 atom stereocenters. The van der Waals surface area contributed by atoms with Crippen molar-refractivity contribution in [2.75, 3.05) is 6.61 Å². The van der Waals surface area contributed by atoms with Gasteiger partial charge < -0.3 is 18.9 Å². The molecule has 0 radical (unpaired) electrons. The smallest absolute Gasteiger partial charge is 0.132 e. The van der Waals surface area contributed by atoms with Gasteiger partial charge in [-0.1, -0.05) is 91.0 Å². The molecule has 0 saturated carbocycles. The summed E-state index contributed by atoms with van der Waals surface area (Å²) in [6.07, 6.45) is -1.17. The monoisotopic (exact) mass is 460 g/mol. The molecule has 0 bridgehead atoms. The minimum Gasteiger partial charge on any atom is -0.374 e. The number of rotatable bonds is 12. The van der Waals surface area contributed by atoms with Gasteiger partial charge in [0.1, 0.15) is 24.1 Å². The molecular formula is C29H32O5. The van der Waals surface area contributed by atoms with Crippen molar-refractivity contribution in [3.63, 3.8) is 0 Å². The summed E-state index contributed by atoms with van der Waals surface area (Å²) in [6.45, 7) is 3.28. The van der Waals surface area contributed by atoms with E-state index >= 15 is 0 Å². The van der Waals surface area contributed by atoms with Crippen molar-refractivity contribution in [3.05, 3.63) is 108 Å². The Labute approximate surface area is 201 Å². The van der Waals surface area contributed by atoms with E-state index in [1.807, 2.05) is 91.0 Å². The lowest BCUT2D eigenvalue weighted by atomic mass is 10.0. The molecule has 5 heteroatoms. The Kier molecular flexibility index (Phi) is 8.99. The maximum atomic E-state index is 12.0. The molecule has 0 unspecified atom stereocenters. The molecule has 0 aromatic heterocycles. The van der Waals surface area contributed by atoms with Crippen molar-refractivity contribution in [2.45, 2.75) is 57.6 Å². The van der Waals surface area contributed by atoms with E-state index in [4.69, 9.17) is 18.9 Å². The number of benzene rings is 3. The van der Waals surface area contributed by atoms with Crippen LogP contribution < -0.4 is 0 Å². The topological polar surface area (TPSA) is 54.0 Å². The van der Waals surface area contributed by atoms with E-state index in [1.165, 1.54) is 0 Å². The van der Waals surface area contributed by atoms with E-state index in [1.54, 1.807) is 6.92 Å². The highest BCUT2D eigenvalue weighted by Crippen LogP contribution is 2.31. The molecular weight excluding hydrogens is 428 g/mol. The Balaban J connectivity index is 1.47. The van der Waals surface area contributed by atoms with Gasteiger partial charge in [-0.15, -0.1) is 0 Å². The normalized spacial score (nSPS) is 22.0. The van der Waals surface area contributed by atoms with Crippen molar-refractivity contribution < 1.29 is 23.7 Å². The zero-order chi connectivity index (χ0) is 23.6. The highest BCUT2D eigenvalue weighted by Gasteiger charge is 2.46. The third kappa shape index (κ3) is 7.08.